The van der Waals surface area contributed by atoms with Crippen LogP contribution in [0.2, 0.25) is 0 Å². The molecule has 36 heavy (non-hydrogen) atoms. The summed E-state index contributed by atoms with van der Waals surface area (Å²) in [4.78, 5) is 37.9. The van der Waals surface area contributed by atoms with Crippen LogP contribution in [0, 0.1) is 16.7 Å². The average Bonchev–Trinajstić information content (AvgIpc) is 3.09. The molecule has 13 nitrogen and oxygen atoms in total. The molecule has 6 atom stereocenters. The van der Waals surface area contributed by atoms with E-state index in [-0.39, 0.29) is 12.4 Å². The molecule has 0 spiro atoms. The predicted octanol–water partition coefficient (Wildman–Crippen LogP) is 1.07. The zero-order chi connectivity index (χ0) is 26.5. The molecule has 1 aliphatic rings. The van der Waals surface area contributed by atoms with Crippen LogP contribution in [-0.2, 0) is 23.4 Å². The van der Waals surface area contributed by atoms with Gasteiger partial charge in [-0.05, 0) is 32.9 Å². The quantitative estimate of drug-likeness (QED) is 0.300. The van der Waals surface area contributed by atoms with Crippen molar-refractivity contribution in [2.75, 3.05) is 13.2 Å². The first kappa shape index (κ1) is 27.3. The van der Waals surface area contributed by atoms with Gasteiger partial charge in [-0.15, -0.1) is 0 Å². The van der Waals surface area contributed by atoms with Gasteiger partial charge >= 0.3 is 19.4 Å². The molecule has 1 fully saturated rings. The lowest BCUT2D eigenvalue weighted by Gasteiger charge is -2.26. The lowest BCUT2D eigenvalue weighted by molar-refractivity contribution is -0.144. The van der Waals surface area contributed by atoms with Crippen molar-refractivity contribution in [2.24, 2.45) is 5.41 Å². The number of carbonyl (C=O) groups excluding carboxylic acids is 1. The number of aliphatic hydroxyl groups excluding tert-OH is 1. The highest BCUT2D eigenvalue weighted by Gasteiger charge is 2.55. The number of esters is 1. The third kappa shape index (κ3) is 5.92. The molecule has 3 rings (SSSR count). The highest BCUT2D eigenvalue weighted by Crippen LogP contribution is 2.48. The number of carbonyl (C=O) groups is 1. The molecule has 0 amide bonds. The molecule has 1 aromatic carbocycles. The Balaban J connectivity index is 1.84. The van der Waals surface area contributed by atoms with Crippen LogP contribution >= 0.6 is 7.75 Å². The van der Waals surface area contributed by atoms with Crippen LogP contribution in [0.4, 0.5) is 0 Å². The molecule has 1 aromatic heterocycles. The second kappa shape index (κ2) is 11.2. The lowest BCUT2D eigenvalue weighted by atomic mass is 9.84. The van der Waals surface area contributed by atoms with Gasteiger partial charge in [-0.25, -0.2) is 9.36 Å². The SMILES string of the molecule is CCOC(=O)C(C)NP(=O)(OCC1OC(n2ccc(=O)[nH]c2=O)C(C)(C#N)C1O)Oc1ccccc1. The summed E-state index contributed by atoms with van der Waals surface area (Å²) in [5, 5.41) is 23.2. The van der Waals surface area contributed by atoms with Gasteiger partial charge in [0.1, 0.15) is 29.4 Å². The largest absolute Gasteiger partial charge is 0.465 e. The summed E-state index contributed by atoms with van der Waals surface area (Å²) in [5.41, 5.74) is -3.12. The summed E-state index contributed by atoms with van der Waals surface area (Å²) in [7, 11) is -4.25. The summed E-state index contributed by atoms with van der Waals surface area (Å²) >= 11 is 0. The summed E-state index contributed by atoms with van der Waals surface area (Å²) in [6.45, 7) is 3.97. The van der Waals surface area contributed by atoms with Crippen molar-refractivity contribution < 1.29 is 33.0 Å². The Labute approximate surface area is 206 Å². The van der Waals surface area contributed by atoms with Crippen LogP contribution in [0.15, 0.2) is 52.2 Å². The van der Waals surface area contributed by atoms with Crippen molar-refractivity contribution in [3.8, 4) is 11.8 Å². The van der Waals surface area contributed by atoms with E-state index in [9.17, 15) is 29.3 Å². The van der Waals surface area contributed by atoms with Crippen LogP contribution in [0.1, 0.15) is 27.0 Å². The molecule has 2 aromatic rings. The van der Waals surface area contributed by atoms with Crippen molar-refractivity contribution in [1.82, 2.24) is 14.6 Å². The highest BCUT2D eigenvalue weighted by molar-refractivity contribution is 7.52. The van der Waals surface area contributed by atoms with Crippen molar-refractivity contribution in [2.45, 2.75) is 45.2 Å². The zero-order valence-corrected chi connectivity index (χ0v) is 20.7. The number of hydrogen-bond donors (Lipinski definition) is 3. The van der Waals surface area contributed by atoms with Crippen molar-refractivity contribution >= 4 is 13.7 Å². The summed E-state index contributed by atoms with van der Waals surface area (Å²) in [6, 6.07) is 10.00. The monoisotopic (exact) mass is 522 g/mol. The first-order chi connectivity index (χ1) is 17.0. The van der Waals surface area contributed by atoms with Gasteiger partial charge in [-0.2, -0.15) is 10.3 Å². The number of rotatable bonds is 10. The molecule has 2 heterocycles. The molecular formula is C22H27N4O9P. The Morgan fingerprint density at radius 1 is 1.36 bits per heavy atom. The molecule has 6 unspecified atom stereocenters. The van der Waals surface area contributed by atoms with Gasteiger partial charge in [0.15, 0.2) is 6.23 Å². The smallest absolute Gasteiger partial charge is 0.459 e. The van der Waals surface area contributed by atoms with Crippen LogP contribution in [-0.4, -0.2) is 52.1 Å². The van der Waals surface area contributed by atoms with Gasteiger partial charge in [0.2, 0.25) is 0 Å². The van der Waals surface area contributed by atoms with E-state index in [1.807, 2.05) is 6.07 Å². The Kier molecular flexibility index (Phi) is 8.50. The summed E-state index contributed by atoms with van der Waals surface area (Å²) < 4.78 is 36.3. The van der Waals surface area contributed by atoms with E-state index in [0.29, 0.717) is 0 Å². The third-order valence-corrected chi connectivity index (χ3v) is 7.14. The van der Waals surface area contributed by atoms with Gasteiger partial charge in [0.05, 0.1) is 19.3 Å². The Bertz CT molecular complexity index is 1270. The fraction of sp³-hybridized carbons (Fsp3) is 0.455. The fourth-order valence-corrected chi connectivity index (χ4v) is 5.07. The number of ether oxygens (including phenoxy) is 2. The maximum atomic E-state index is 13.6. The number of H-pyrrole nitrogens is 1. The topological polar surface area (TPSA) is 182 Å². The minimum atomic E-state index is -4.25. The summed E-state index contributed by atoms with van der Waals surface area (Å²) in [6.07, 6.45) is -2.87. The van der Waals surface area contributed by atoms with Crippen molar-refractivity contribution in [1.29, 1.82) is 5.26 Å². The molecule has 1 aliphatic heterocycles. The molecule has 0 radical (unpaired) electrons. The number of hydrogen-bond acceptors (Lipinski definition) is 10. The Morgan fingerprint density at radius 3 is 2.67 bits per heavy atom. The number of aromatic nitrogens is 2. The predicted molar refractivity (Wildman–Crippen MR) is 125 cm³/mol. The Morgan fingerprint density at radius 2 is 2.06 bits per heavy atom. The van der Waals surface area contributed by atoms with Crippen LogP contribution in [0.5, 0.6) is 5.75 Å². The minimum absolute atomic E-state index is 0.107. The molecule has 1 saturated heterocycles. The molecule has 0 saturated carbocycles. The minimum Gasteiger partial charge on any atom is -0.465 e. The van der Waals surface area contributed by atoms with E-state index in [4.69, 9.17) is 18.5 Å². The number of nitrogens with one attached hydrogen (secondary N) is 2. The zero-order valence-electron chi connectivity index (χ0n) is 19.8. The van der Waals surface area contributed by atoms with Gasteiger partial charge in [0, 0.05) is 12.3 Å². The van der Waals surface area contributed by atoms with Crippen molar-refractivity contribution in [3.05, 3.63) is 63.4 Å². The van der Waals surface area contributed by atoms with Crippen LogP contribution < -0.4 is 20.9 Å². The maximum absolute atomic E-state index is 13.6. The molecule has 3 N–H and O–H groups in total. The first-order valence-electron chi connectivity index (χ1n) is 11.0. The van der Waals surface area contributed by atoms with E-state index in [1.54, 1.807) is 25.1 Å². The van der Waals surface area contributed by atoms with Gasteiger partial charge < -0.3 is 19.1 Å². The van der Waals surface area contributed by atoms with Gasteiger partial charge in [-0.1, -0.05) is 18.2 Å². The number of benzene rings is 1. The number of nitrogens with zero attached hydrogens (tertiary/aromatic N) is 2. The second-order valence-electron chi connectivity index (χ2n) is 8.18. The fourth-order valence-electron chi connectivity index (χ4n) is 3.57. The summed E-state index contributed by atoms with van der Waals surface area (Å²) in [5.74, 6) is -0.512. The van der Waals surface area contributed by atoms with Crippen LogP contribution in [0.25, 0.3) is 0 Å². The van der Waals surface area contributed by atoms with Gasteiger partial charge in [0.25, 0.3) is 5.56 Å². The standard InChI is InChI=1S/C22H27N4O9P/c1-4-32-19(29)14(2)25-36(31,35-15-8-6-5-7-9-15)33-12-16-18(28)22(3,13-23)20(34-16)26-11-10-17(27)24-21(26)30/h5-11,14,16,18,20,28H,4,12H2,1-3H3,(H,25,31)(H,24,27,30). The maximum Gasteiger partial charge on any atom is 0.459 e. The van der Waals surface area contributed by atoms with E-state index in [0.717, 1.165) is 16.8 Å². The number of aliphatic hydroxyl groups is 1. The molecule has 0 aliphatic carbocycles. The number of para-hydroxylation sites is 1. The van der Waals surface area contributed by atoms with Crippen molar-refractivity contribution in [3.63, 3.8) is 0 Å². The normalized spacial score (nSPS) is 25.9. The molecule has 194 valence electrons. The molecular weight excluding hydrogens is 495 g/mol. The average molecular weight is 522 g/mol. The molecule has 0 bridgehead atoms. The number of nitriles is 1. The first-order valence-corrected chi connectivity index (χ1v) is 12.6. The van der Waals surface area contributed by atoms with Gasteiger partial charge in [-0.3, -0.25) is 23.7 Å². The van der Waals surface area contributed by atoms with E-state index in [1.165, 1.54) is 26.0 Å². The van der Waals surface area contributed by atoms with E-state index < -0.39 is 61.5 Å². The molecule has 14 heteroatoms. The second-order valence-corrected chi connectivity index (χ2v) is 9.88. The van der Waals surface area contributed by atoms with E-state index >= 15 is 0 Å². The lowest BCUT2D eigenvalue weighted by Crippen LogP contribution is -2.41. The van der Waals surface area contributed by atoms with Crippen LogP contribution in [0.3, 0.4) is 0 Å². The third-order valence-electron chi connectivity index (χ3n) is 5.50. The highest BCUT2D eigenvalue weighted by atomic mass is 31.2. The number of aromatic amines is 1. The Hall–Kier alpha value is -3.27. The van der Waals surface area contributed by atoms with E-state index in [2.05, 4.69) is 10.1 Å².